The highest BCUT2D eigenvalue weighted by atomic mass is 16.6. The van der Waals surface area contributed by atoms with Crippen molar-refractivity contribution >= 4 is 12.2 Å². The van der Waals surface area contributed by atoms with Gasteiger partial charge >= 0.3 is 12.2 Å². The fourth-order valence-corrected chi connectivity index (χ4v) is 7.48. The number of amides is 2. The molecule has 2 aromatic carbocycles. The number of alkyl carbamates (subject to hydrolysis) is 1. The Hall–Kier alpha value is -4.60. The summed E-state index contributed by atoms with van der Waals surface area (Å²) >= 11 is 0. The molecule has 3 N–H and O–H groups in total. The number of carbonyl (C=O) groups excluding carboxylic acids is 2. The number of nitrogens with zero attached hydrogens (tertiary/aromatic N) is 3. The minimum absolute atomic E-state index is 0.00950. The Morgan fingerprint density at radius 2 is 1.57 bits per heavy atom. The predicted octanol–water partition coefficient (Wildman–Crippen LogP) is 8.47. The molecule has 49 heavy (non-hydrogen) atoms. The van der Waals surface area contributed by atoms with Crippen LogP contribution in [0.15, 0.2) is 48.7 Å². The summed E-state index contributed by atoms with van der Waals surface area (Å²) in [4.78, 5) is 44.0. The van der Waals surface area contributed by atoms with Crippen LogP contribution < -0.4 is 5.32 Å². The van der Waals surface area contributed by atoms with Gasteiger partial charge in [-0.05, 0) is 102 Å². The van der Waals surface area contributed by atoms with Crippen LogP contribution in [0, 0.1) is 0 Å². The zero-order valence-electron chi connectivity index (χ0n) is 29.5. The molecule has 3 heterocycles. The van der Waals surface area contributed by atoms with Crippen LogP contribution in [-0.4, -0.2) is 60.8 Å². The number of rotatable bonds is 5. The zero-order chi connectivity index (χ0) is 34.5. The summed E-state index contributed by atoms with van der Waals surface area (Å²) in [5.74, 6) is 1.90. The number of carbonyl (C=O) groups is 2. The molecular formula is C39H48N6O4. The molecule has 2 aromatic heterocycles. The average Bonchev–Trinajstić information content (AvgIpc) is 3.84. The fourth-order valence-electron chi connectivity index (χ4n) is 7.48. The second kappa shape index (κ2) is 12.7. The molecule has 0 radical (unpaired) electrons. The van der Waals surface area contributed by atoms with E-state index < -0.39 is 11.2 Å². The number of benzene rings is 2. The maximum Gasteiger partial charge on any atom is 0.410 e. The first kappa shape index (κ1) is 32.9. The Bertz CT molecular complexity index is 1840. The van der Waals surface area contributed by atoms with Crippen molar-refractivity contribution in [2.45, 2.75) is 116 Å². The lowest BCUT2D eigenvalue weighted by Crippen LogP contribution is -2.40. The van der Waals surface area contributed by atoms with Crippen molar-refractivity contribution < 1.29 is 19.1 Å². The van der Waals surface area contributed by atoms with Gasteiger partial charge in [0.2, 0.25) is 0 Å². The molecule has 3 atom stereocenters. The van der Waals surface area contributed by atoms with Crippen LogP contribution in [-0.2, 0) is 22.3 Å². The molecule has 1 aliphatic heterocycles. The maximum absolute atomic E-state index is 12.8. The van der Waals surface area contributed by atoms with Crippen molar-refractivity contribution in [2.75, 3.05) is 6.54 Å². The molecule has 0 bridgehead atoms. The Labute approximate surface area is 288 Å². The molecule has 3 aliphatic rings. The van der Waals surface area contributed by atoms with Crippen molar-refractivity contribution in [1.29, 1.82) is 0 Å². The predicted molar refractivity (Wildman–Crippen MR) is 189 cm³/mol. The third-order valence-electron chi connectivity index (χ3n) is 9.69. The van der Waals surface area contributed by atoms with E-state index in [-0.39, 0.29) is 30.2 Å². The lowest BCUT2D eigenvalue weighted by molar-refractivity contribution is 0.0218. The molecule has 1 saturated carbocycles. The summed E-state index contributed by atoms with van der Waals surface area (Å²) in [5.41, 5.74) is 7.91. The van der Waals surface area contributed by atoms with Crippen LogP contribution >= 0.6 is 0 Å². The summed E-state index contributed by atoms with van der Waals surface area (Å²) in [6, 6.07) is 15.1. The summed E-state index contributed by atoms with van der Waals surface area (Å²) in [5, 5.41) is 3.10. The smallest absolute Gasteiger partial charge is 0.410 e. The second-order valence-corrected chi connectivity index (χ2v) is 15.7. The zero-order valence-corrected chi connectivity index (χ0v) is 29.5. The van der Waals surface area contributed by atoms with Gasteiger partial charge in [-0.1, -0.05) is 48.9 Å². The average molecular weight is 665 g/mol. The summed E-state index contributed by atoms with van der Waals surface area (Å²) in [6.45, 7) is 12.0. The third-order valence-corrected chi connectivity index (χ3v) is 9.69. The van der Waals surface area contributed by atoms with E-state index >= 15 is 0 Å². The van der Waals surface area contributed by atoms with Crippen molar-refractivity contribution in [3.63, 3.8) is 0 Å². The number of aryl methyl sites for hydroxylation is 2. The van der Waals surface area contributed by atoms with Gasteiger partial charge in [0.25, 0.3) is 0 Å². The summed E-state index contributed by atoms with van der Waals surface area (Å²) in [7, 11) is 0. The van der Waals surface area contributed by atoms with E-state index in [2.05, 4.69) is 62.7 Å². The number of hydrogen-bond acceptors (Lipinski definition) is 6. The molecule has 10 heteroatoms. The van der Waals surface area contributed by atoms with Gasteiger partial charge in [-0.25, -0.2) is 19.6 Å². The number of nitrogens with one attached hydrogen (secondary N) is 3. The summed E-state index contributed by atoms with van der Waals surface area (Å²) < 4.78 is 11.2. The van der Waals surface area contributed by atoms with Crippen molar-refractivity contribution in [2.24, 2.45) is 0 Å². The molecule has 2 aliphatic carbocycles. The molecule has 10 nitrogen and oxygen atoms in total. The Morgan fingerprint density at radius 1 is 0.837 bits per heavy atom. The molecule has 0 spiro atoms. The molecule has 7 rings (SSSR count). The summed E-state index contributed by atoms with van der Waals surface area (Å²) in [6.07, 6.45) is 7.78. The molecular weight excluding hydrogens is 616 g/mol. The van der Waals surface area contributed by atoms with Gasteiger partial charge in [-0.15, -0.1) is 0 Å². The van der Waals surface area contributed by atoms with E-state index in [1.165, 1.54) is 22.4 Å². The number of hydrogen-bond donors (Lipinski definition) is 3. The number of aromatic amines is 2. The molecule has 2 fully saturated rings. The van der Waals surface area contributed by atoms with Gasteiger partial charge in [-0.2, -0.15) is 0 Å². The highest BCUT2D eigenvalue weighted by molar-refractivity contribution is 5.76. The quantitative estimate of drug-likeness (QED) is 0.197. The highest BCUT2D eigenvalue weighted by Gasteiger charge is 2.36. The van der Waals surface area contributed by atoms with Gasteiger partial charge in [0.1, 0.15) is 22.9 Å². The van der Waals surface area contributed by atoms with Gasteiger partial charge in [0.05, 0.1) is 23.6 Å². The van der Waals surface area contributed by atoms with Crippen LogP contribution in [0.5, 0.6) is 0 Å². The van der Waals surface area contributed by atoms with E-state index in [9.17, 15) is 9.59 Å². The lowest BCUT2D eigenvalue weighted by atomic mass is 9.89. The van der Waals surface area contributed by atoms with E-state index in [1.807, 2.05) is 47.7 Å². The Kier molecular flexibility index (Phi) is 8.53. The lowest BCUT2D eigenvalue weighted by Gasteiger charge is -2.27. The van der Waals surface area contributed by atoms with Gasteiger partial charge in [-0.3, -0.25) is 4.90 Å². The number of ether oxygens (including phenoxy) is 2. The van der Waals surface area contributed by atoms with E-state index in [0.717, 1.165) is 79.1 Å². The minimum Gasteiger partial charge on any atom is -0.444 e. The fraction of sp³-hybridized carbons (Fsp3) is 0.487. The Morgan fingerprint density at radius 3 is 2.33 bits per heavy atom. The van der Waals surface area contributed by atoms with Crippen LogP contribution in [0.3, 0.4) is 0 Å². The van der Waals surface area contributed by atoms with Gasteiger partial charge < -0.3 is 24.8 Å². The van der Waals surface area contributed by atoms with Crippen molar-refractivity contribution in [1.82, 2.24) is 30.2 Å². The first-order valence-electron chi connectivity index (χ1n) is 17.7. The standard InChI is InChI=1S/C39H48N6O4/c1-38(2,3)48-36(46)43-29-10-7-9-28(29)34-41-30-19-17-26-21-25(16-18-27(26)33(30)44-34)23-12-14-24(15-13-23)31-22-40-35(42-31)32-11-8-20-45(32)37(47)49-39(4,5)6/h12-16,18,21-22,28-29,32H,7-11,17,19-20H2,1-6H3,(H,40,42)(H,41,44)(H,43,46)/t28-,29-,32-/m0/s1. The molecule has 0 unspecified atom stereocenters. The van der Waals surface area contributed by atoms with Crippen LogP contribution in [0.4, 0.5) is 9.59 Å². The topological polar surface area (TPSA) is 125 Å². The van der Waals surface area contributed by atoms with E-state index in [4.69, 9.17) is 14.5 Å². The maximum atomic E-state index is 12.8. The normalized spacial score (nSPS) is 20.5. The third kappa shape index (κ3) is 7.09. The molecule has 4 aromatic rings. The minimum atomic E-state index is -0.535. The number of aromatic nitrogens is 4. The monoisotopic (exact) mass is 664 g/mol. The second-order valence-electron chi connectivity index (χ2n) is 15.7. The van der Waals surface area contributed by atoms with Crippen molar-refractivity contribution in [3.05, 3.63) is 71.6 Å². The SMILES string of the molecule is CC(C)(C)OC(=O)N[C@H]1CCC[C@@H]1c1nc2c([nH]1)CCc1cc(-c3ccc(-c4cnc([C@@H]5CCCN5C(=O)OC(C)(C)C)[nH]4)cc3)ccc1-2. The molecule has 258 valence electrons. The van der Waals surface area contributed by atoms with E-state index in [1.54, 1.807) is 4.90 Å². The largest absolute Gasteiger partial charge is 0.444 e. The Balaban J connectivity index is 1.04. The van der Waals surface area contributed by atoms with Crippen LogP contribution in [0.25, 0.3) is 33.6 Å². The molecule has 2 amide bonds. The number of likely N-dealkylation sites (tertiary alicyclic amines) is 1. The number of fused-ring (bicyclic) bond motifs is 3. The van der Waals surface area contributed by atoms with Crippen LogP contribution in [0.2, 0.25) is 0 Å². The van der Waals surface area contributed by atoms with Crippen molar-refractivity contribution in [3.8, 4) is 33.6 Å². The van der Waals surface area contributed by atoms with Gasteiger partial charge in [0.15, 0.2) is 0 Å². The highest BCUT2D eigenvalue weighted by Crippen LogP contribution is 2.40. The number of H-pyrrole nitrogens is 2. The van der Waals surface area contributed by atoms with Gasteiger partial charge in [0, 0.05) is 29.8 Å². The first-order valence-corrected chi connectivity index (χ1v) is 17.7. The number of imidazole rings is 2. The molecule has 1 saturated heterocycles. The first-order chi connectivity index (χ1) is 23.3. The van der Waals surface area contributed by atoms with E-state index in [0.29, 0.717) is 6.54 Å². The van der Waals surface area contributed by atoms with Crippen LogP contribution in [0.1, 0.15) is 109 Å².